The zero-order valence-corrected chi connectivity index (χ0v) is 17.0. The molecule has 5 rings (SSSR count). The van der Waals surface area contributed by atoms with Crippen LogP contribution in [0, 0.1) is 11.6 Å². The van der Waals surface area contributed by atoms with Gasteiger partial charge in [0.2, 0.25) is 11.1 Å². The maximum Gasteiger partial charge on any atom is 0.293 e. The molecule has 4 aromatic rings. The Morgan fingerprint density at radius 2 is 1.77 bits per heavy atom. The third-order valence-corrected chi connectivity index (χ3v) is 6.46. The number of nitrogens with zero attached hydrogens (tertiary/aromatic N) is 1. The second kappa shape index (κ2) is 7.32. The summed E-state index contributed by atoms with van der Waals surface area (Å²) >= 11 is 6.75. The van der Waals surface area contributed by atoms with Crippen molar-refractivity contribution in [2.75, 3.05) is 0 Å². The fourth-order valence-electron chi connectivity index (χ4n) is 4.52. The van der Waals surface area contributed by atoms with Gasteiger partial charge in [0.15, 0.2) is 5.39 Å². The minimum Gasteiger partial charge on any atom is -0.359 e. The van der Waals surface area contributed by atoms with Crippen LogP contribution in [0.2, 0.25) is 5.02 Å². The highest BCUT2D eigenvalue weighted by atomic mass is 35.5. The number of hydrogen-bond donors (Lipinski definition) is 2. The number of H-pyrrole nitrogens is 1. The van der Waals surface area contributed by atoms with Crippen molar-refractivity contribution >= 4 is 33.6 Å². The first-order valence-electron chi connectivity index (χ1n) is 9.96. The number of halogens is 3. The summed E-state index contributed by atoms with van der Waals surface area (Å²) in [5, 5.41) is 1.91. The first kappa shape index (κ1) is 20.0. The molecular formula is C22H18ClF2N3O3. The summed E-state index contributed by atoms with van der Waals surface area (Å²) in [4.78, 5) is 25.3. The van der Waals surface area contributed by atoms with Crippen LogP contribution in [-0.4, -0.2) is 15.8 Å². The average molecular weight is 446 g/mol. The molecule has 0 atom stereocenters. The molecule has 0 amide bonds. The zero-order chi connectivity index (χ0) is 21.9. The highest BCUT2D eigenvalue weighted by Gasteiger charge is 2.29. The Balaban J connectivity index is 1.91. The van der Waals surface area contributed by atoms with E-state index in [1.165, 1.54) is 28.8 Å². The molecule has 0 aliphatic heterocycles. The van der Waals surface area contributed by atoms with E-state index in [-0.39, 0.29) is 39.0 Å². The third-order valence-electron chi connectivity index (χ3n) is 6.07. The molecule has 31 heavy (non-hydrogen) atoms. The van der Waals surface area contributed by atoms with Crippen molar-refractivity contribution < 1.29 is 13.3 Å². The maximum atomic E-state index is 15.2. The van der Waals surface area contributed by atoms with Gasteiger partial charge in [0.1, 0.15) is 11.6 Å². The molecule has 0 unspecified atom stereocenters. The molecule has 1 saturated carbocycles. The lowest BCUT2D eigenvalue weighted by atomic mass is 9.81. The Morgan fingerprint density at radius 3 is 2.45 bits per heavy atom. The Hall–Kier alpha value is -2.97. The van der Waals surface area contributed by atoms with Crippen LogP contribution in [0.25, 0.3) is 27.7 Å². The summed E-state index contributed by atoms with van der Waals surface area (Å²) in [6.45, 7) is 0. The molecule has 2 heterocycles. The molecule has 3 N–H and O–H groups in total. The van der Waals surface area contributed by atoms with Gasteiger partial charge in [-0.3, -0.25) is 14.2 Å². The summed E-state index contributed by atoms with van der Waals surface area (Å²) in [7, 11) is 0. The summed E-state index contributed by atoms with van der Waals surface area (Å²) in [5.41, 5.74) is 5.43. The number of nitrogens with one attached hydrogen (secondary N) is 1. The number of rotatable bonds is 2. The van der Waals surface area contributed by atoms with E-state index >= 15 is 4.39 Å². The van der Waals surface area contributed by atoms with Crippen molar-refractivity contribution in [3.05, 3.63) is 73.1 Å². The van der Waals surface area contributed by atoms with Crippen LogP contribution in [-0.2, 0) is 0 Å². The number of benzene rings is 2. The van der Waals surface area contributed by atoms with Gasteiger partial charge in [-0.2, -0.15) is 5.16 Å². The molecule has 160 valence electrons. The number of pyridine rings is 1. The van der Waals surface area contributed by atoms with E-state index in [4.69, 9.17) is 21.9 Å². The second-order valence-electron chi connectivity index (χ2n) is 7.95. The first-order valence-corrected chi connectivity index (χ1v) is 10.3. The topological polar surface area (TPSA) is 94.0 Å². The standard InChI is InChI=1S/C22H18ClF2N3O3/c23-18-16(10-1-5-12(26)6-2-10)15(25)9-14-19(18)28(13-7-3-11(24)4-8-13)22-17(20(14)29)21(30)27-31-22/h3-4,7-10,12H,1-2,5-6,26H2,(H,27,30). The van der Waals surface area contributed by atoms with E-state index in [0.717, 1.165) is 18.9 Å². The van der Waals surface area contributed by atoms with Crippen LogP contribution in [0.1, 0.15) is 37.2 Å². The fraction of sp³-hybridized carbons (Fsp3) is 0.273. The minimum absolute atomic E-state index is 0.0533. The Morgan fingerprint density at radius 1 is 1.10 bits per heavy atom. The van der Waals surface area contributed by atoms with E-state index < -0.39 is 22.6 Å². The second-order valence-corrected chi connectivity index (χ2v) is 8.33. The van der Waals surface area contributed by atoms with Gasteiger partial charge in [0.25, 0.3) is 5.56 Å². The number of fused-ring (bicyclic) bond motifs is 2. The molecule has 6 nitrogen and oxygen atoms in total. The molecule has 0 spiro atoms. The molecule has 9 heteroatoms. The average Bonchev–Trinajstić information content (AvgIpc) is 3.13. The molecule has 1 aliphatic rings. The highest BCUT2D eigenvalue weighted by Crippen LogP contribution is 2.41. The minimum atomic E-state index is -0.736. The summed E-state index contributed by atoms with van der Waals surface area (Å²) in [5.74, 6) is -1.21. The van der Waals surface area contributed by atoms with Gasteiger partial charge in [0, 0.05) is 17.3 Å². The third kappa shape index (κ3) is 3.09. The van der Waals surface area contributed by atoms with E-state index in [2.05, 4.69) is 5.16 Å². The normalized spacial score (nSPS) is 19.4. The number of nitrogens with two attached hydrogens (primary N) is 1. The van der Waals surface area contributed by atoms with Crippen LogP contribution in [0.15, 0.2) is 44.4 Å². The van der Waals surface area contributed by atoms with Crippen LogP contribution >= 0.6 is 11.6 Å². The van der Waals surface area contributed by atoms with E-state index in [0.29, 0.717) is 24.1 Å². The lowest BCUT2D eigenvalue weighted by Gasteiger charge is -2.28. The monoisotopic (exact) mass is 445 g/mol. The predicted octanol–water partition coefficient (Wildman–Crippen LogP) is 4.34. The Kier molecular flexibility index (Phi) is 4.71. The van der Waals surface area contributed by atoms with E-state index in [1.807, 2.05) is 0 Å². The Labute approximate surface area is 179 Å². The lowest BCUT2D eigenvalue weighted by molar-refractivity contribution is 0.387. The molecule has 1 aliphatic carbocycles. The predicted molar refractivity (Wildman–Crippen MR) is 114 cm³/mol. The molecule has 1 fully saturated rings. The first-order chi connectivity index (χ1) is 14.9. The van der Waals surface area contributed by atoms with Crippen molar-refractivity contribution in [2.45, 2.75) is 37.6 Å². The summed E-state index contributed by atoms with van der Waals surface area (Å²) in [6.07, 6.45) is 2.83. The molecule has 0 radical (unpaired) electrons. The van der Waals surface area contributed by atoms with E-state index in [9.17, 15) is 14.0 Å². The lowest BCUT2D eigenvalue weighted by Crippen LogP contribution is -2.26. The number of hydrogen-bond acceptors (Lipinski definition) is 4. The quantitative estimate of drug-likeness (QED) is 0.480. The summed E-state index contributed by atoms with van der Waals surface area (Å²) < 4.78 is 35.5. The van der Waals surface area contributed by atoms with E-state index in [1.54, 1.807) is 0 Å². The molecule has 2 aromatic heterocycles. The van der Waals surface area contributed by atoms with Gasteiger partial charge in [-0.25, -0.2) is 8.78 Å². The SMILES string of the molecule is NC1CCC(c2c(F)cc3c(=O)c4c(=O)[nH]oc4n(-c4ccc(F)cc4)c3c2Cl)CC1. The van der Waals surface area contributed by atoms with Crippen molar-refractivity contribution in [2.24, 2.45) is 5.73 Å². The highest BCUT2D eigenvalue weighted by molar-refractivity contribution is 6.36. The van der Waals surface area contributed by atoms with Crippen molar-refractivity contribution in [3.63, 3.8) is 0 Å². The zero-order valence-electron chi connectivity index (χ0n) is 16.3. The summed E-state index contributed by atoms with van der Waals surface area (Å²) in [6, 6.07) is 6.59. The number of aromatic amines is 1. The largest absolute Gasteiger partial charge is 0.359 e. The maximum absolute atomic E-state index is 15.2. The molecule has 0 saturated heterocycles. The molecule has 2 aromatic carbocycles. The van der Waals surface area contributed by atoms with Gasteiger partial charge in [-0.15, -0.1) is 0 Å². The van der Waals surface area contributed by atoms with Gasteiger partial charge < -0.3 is 10.3 Å². The van der Waals surface area contributed by atoms with Crippen molar-refractivity contribution in [1.29, 1.82) is 0 Å². The smallest absolute Gasteiger partial charge is 0.293 e. The van der Waals surface area contributed by atoms with Gasteiger partial charge in [0.05, 0.1) is 15.9 Å². The molecular weight excluding hydrogens is 428 g/mol. The van der Waals surface area contributed by atoms with Gasteiger partial charge in [-0.1, -0.05) is 11.6 Å². The van der Waals surface area contributed by atoms with Gasteiger partial charge >= 0.3 is 0 Å². The van der Waals surface area contributed by atoms with Crippen molar-refractivity contribution in [3.8, 4) is 5.69 Å². The van der Waals surface area contributed by atoms with Crippen LogP contribution in [0.3, 0.4) is 0 Å². The van der Waals surface area contributed by atoms with Gasteiger partial charge in [-0.05, 0) is 61.9 Å². The molecule has 0 bridgehead atoms. The van der Waals surface area contributed by atoms with Crippen LogP contribution in [0.5, 0.6) is 0 Å². The fourth-order valence-corrected chi connectivity index (χ4v) is 4.95. The van der Waals surface area contributed by atoms with Crippen LogP contribution in [0.4, 0.5) is 8.78 Å². The number of aromatic nitrogens is 2. The van der Waals surface area contributed by atoms with Crippen LogP contribution < -0.4 is 16.7 Å². The van der Waals surface area contributed by atoms with Crippen molar-refractivity contribution in [1.82, 2.24) is 9.72 Å². The Bertz CT molecular complexity index is 1430.